The summed E-state index contributed by atoms with van der Waals surface area (Å²) in [7, 11) is 0. The normalized spacial score (nSPS) is 17.8. The number of nitrogens with one attached hydrogen (secondary N) is 1. The molecule has 0 radical (unpaired) electrons. The molecule has 1 saturated heterocycles. The predicted molar refractivity (Wildman–Crippen MR) is 67.2 cm³/mol. The van der Waals surface area contributed by atoms with Crippen LogP contribution in [0.2, 0.25) is 0 Å². The van der Waals surface area contributed by atoms with Gasteiger partial charge < -0.3 is 5.43 Å². The van der Waals surface area contributed by atoms with Gasteiger partial charge in [-0.1, -0.05) is 0 Å². The number of pyridine rings is 1. The van der Waals surface area contributed by atoms with Gasteiger partial charge in [-0.05, 0) is 30.4 Å². The van der Waals surface area contributed by atoms with Crippen molar-refractivity contribution in [3.05, 3.63) is 24.8 Å². The van der Waals surface area contributed by atoms with Gasteiger partial charge in [-0.25, -0.2) is 9.66 Å². The second-order valence-electron chi connectivity index (χ2n) is 3.99. The molecule has 16 heavy (non-hydrogen) atoms. The molecule has 3 heterocycles. The van der Waals surface area contributed by atoms with Crippen molar-refractivity contribution in [1.82, 2.24) is 14.6 Å². The van der Waals surface area contributed by atoms with Crippen molar-refractivity contribution in [1.29, 1.82) is 0 Å². The van der Waals surface area contributed by atoms with Gasteiger partial charge in [-0.3, -0.25) is 4.98 Å². The summed E-state index contributed by atoms with van der Waals surface area (Å²) in [5.74, 6) is 2.51. The maximum atomic E-state index is 4.32. The number of thioether (sulfide) groups is 1. The van der Waals surface area contributed by atoms with Gasteiger partial charge >= 0.3 is 0 Å². The molecule has 0 spiro atoms. The molecule has 1 N–H and O–H groups in total. The van der Waals surface area contributed by atoms with Gasteiger partial charge in [-0.15, -0.1) is 0 Å². The Morgan fingerprint density at radius 2 is 2.25 bits per heavy atom. The molecule has 2 aromatic heterocycles. The first-order valence-electron chi connectivity index (χ1n) is 5.55. The minimum atomic E-state index is 0.576. The topological polar surface area (TPSA) is 42.7 Å². The lowest BCUT2D eigenvalue weighted by Gasteiger charge is -2.24. The molecule has 0 amide bonds. The SMILES string of the molecule is c1cc2c(cn1)ncn2NC1CCSCC1. The molecular weight excluding hydrogens is 220 g/mol. The molecule has 0 aliphatic carbocycles. The number of hydrogen-bond donors (Lipinski definition) is 1. The minimum absolute atomic E-state index is 0.576. The highest BCUT2D eigenvalue weighted by Crippen LogP contribution is 2.18. The molecule has 5 heteroatoms. The largest absolute Gasteiger partial charge is 0.321 e. The average Bonchev–Trinajstić information content (AvgIpc) is 2.74. The molecule has 1 aliphatic rings. The Morgan fingerprint density at radius 1 is 1.38 bits per heavy atom. The highest BCUT2D eigenvalue weighted by Gasteiger charge is 2.14. The summed E-state index contributed by atoms with van der Waals surface area (Å²) in [5.41, 5.74) is 5.57. The Balaban J connectivity index is 1.83. The van der Waals surface area contributed by atoms with Crippen LogP contribution in [-0.4, -0.2) is 32.2 Å². The summed E-state index contributed by atoms with van der Waals surface area (Å²) in [6, 6.07) is 2.57. The molecule has 0 bridgehead atoms. The summed E-state index contributed by atoms with van der Waals surface area (Å²) >= 11 is 2.04. The molecule has 1 fully saturated rings. The zero-order valence-electron chi connectivity index (χ0n) is 8.97. The monoisotopic (exact) mass is 234 g/mol. The van der Waals surface area contributed by atoms with E-state index in [2.05, 4.69) is 15.4 Å². The van der Waals surface area contributed by atoms with Gasteiger partial charge in [0.15, 0.2) is 0 Å². The van der Waals surface area contributed by atoms with Crippen LogP contribution in [-0.2, 0) is 0 Å². The first kappa shape index (κ1) is 9.96. The standard InChI is InChI=1S/C11H14N4S/c1-4-12-7-10-11(1)15(8-13-10)14-9-2-5-16-6-3-9/h1,4,7-9,14H,2-3,5-6H2. The zero-order chi connectivity index (χ0) is 10.8. The van der Waals surface area contributed by atoms with E-state index in [1.165, 1.54) is 24.3 Å². The van der Waals surface area contributed by atoms with Crippen molar-refractivity contribution in [2.24, 2.45) is 0 Å². The lowest BCUT2D eigenvalue weighted by molar-refractivity contribution is 0.603. The number of nitrogens with zero attached hydrogens (tertiary/aromatic N) is 3. The predicted octanol–water partition coefficient (Wildman–Crippen LogP) is 1.87. The Bertz CT molecular complexity index is 476. The third-order valence-corrected chi connectivity index (χ3v) is 3.94. The molecule has 3 rings (SSSR count). The Morgan fingerprint density at radius 3 is 3.12 bits per heavy atom. The smallest absolute Gasteiger partial charge is 0.115 e. The van der Waals surface area contributed by atoms with Crippen LogP contribution in [0, 0.1) is 0 Å². The molecule has 0 aromatic carbocycles. The first-order valence-corrected chi connectivity index (χ1v) is 6.70. The highest BCUT2D eigenvalue weighted by atomic mass is 32.2. The van der Waals surface area contributed by atoms with Gasteiger partial charge in [0.25, 0.3) is 0 Å². The van der Waals surface area contributed by atoms with Crippen LogP contribution in [0.15, 0.2) is 24.8 Å². The van der Waals surface area contributed by atoms with Crippen molar-refractivity contribution in [3.63, 3.8) is 0 Å². The van der Waals surface area contributed by atoms with E-state index in [9.17, 15) is 0 Å². The van der Waals surface area contributed by atoms with E-state index in [0.29, 0.717) is 6.04 Å². The Labute approximate surface area is 98.4 Å². The minimum Gasteiger partial charge on any atom is -0.321 e. The van der Waals surface area contributed by atoms with Gasteiger partial charge in [0.05, 0.1) is 11.7 Å². The van der Waals surface area contributed by atoms with Crippen LogP contribution in [0.1, 0.15) is 12.8 Å². The van der Waals surface area contributed by atoms with Gasteiger partial charge in [0.2, 0.25) is 0 Å². The molecule has 0 unspecified atom stereocenters. The molecule has 2 aromatic rings. The van der Waals surface area contributed by atoms with Crippen LogP contribution < -0.4 is 5.43 Å². The lowest BCUT2D eigenvalue weighted by atomic mass is 10.2. The number of imidazole rings is 1. The van der Waals surface area contributed by atoms with Crippen molar-refractivity contribution in [2.45, 2.75) is 18.9 Å². The Kier molecular flexibility index (Phi) is 2.70. The van der Waals surface area contributed by atoms with Crippen LogP contribution >= 0.6 is 11.8 Å². The maximum absolute atomic E-state index is 4.32. The van der Waals surface area contributed by atoms with Gasteiger partial charge in [0.1, 0.15) is 11.8 Å². The number of hydrogen-bond acceptors (Lipinski definition) is 4. The number of fused-ring (bicyclic) bond motifs is 1. The van der Waals surface area contributed by atoms with Crippen molar-refractivity contribution in [2.75, 3.05) is 16.9 Å². The number of rotatable bonds is 2. The van der Waals surface area contributed by atoms with E-state index in [4.69, 9.17) is 0 Å². The van der Waals surface area contributed by atoms with E-state index in [1.807, 2.05) is 28.8 Å². The second-order valence-corrected chi connectivity index (χ2v) is 5.22. The Hall–Kier alpha value is -1.23. The van der Waals surface area contributed by atoms with Gasteiger partial charge in [0, 0.05) is 12.2 Å². The summed E-state index contributed by atoms with van der Waals surface area (Å²) in [6.07, 6.45) is 7.90. The zero-order valence-corrected chi connectivity index (χ0v) is 9.78. The van der Waals surface area contributed by atoms with E-state index >= 15 is 0 Å². The van der Waals surface area contributed by atoms with E-state index < -0.39 is 0 Å². The molecule has 0 atom stereocenters. The highest BCUT2D eigenvalue weighted by molar-refractivity contribution is 7.99. The van der Waals surface area contributed by atoms with Crippen molar-refractivity contribution < 1.29 is 0 Å². The summed E-state index contributed by atoms with van der Waals surface area (Å²) < 4.78 is 2.03. The number of aromatic nitrogens is 3. The molecule has 1 aliphatic heterocycles. The fourth-order valence-electron chi connectivity index (χ4n) is 1.99. The van der Waals surface area contributed by atoms with Crippen LogP contribution in [0.3, 0.4) is 0 Å². The molecule has 0 saturated carbocycles. The fraction of sp³-hybridized carbons (Fsp3) is 0.455. The van der Waals surface area contributed by atoms with Gasteiger partial charge in [-0.2, -0.15) is 11.8 Å². The van der Waals surface area contributed by atoms with Crippen molar-refractivity contribution >= 4 is 22.8 Å². The molecule has 4 nitrogen and oxygen atoms in total. The molecular formula is C11H14N4S. The third-order valence-electron chi connectivity index (χ3n) is 2.89. The maximum Gasteiger partial charge on any atom is 0.115 e. The average molecular weight is 234 g/mol. The summed E-state index contributed by atoms with van der Waals surface area (Å²) in [4.78, 5) is 8.38. The fourth-order valence-corrected chi connectivity index (χ4v) is 3.10. The van der Waals surface area contributed by atoms with Crippen LogP contribution in [0.25, 0.3) is 11.0 Å². The van der Waals surface area contributed by atoms with Crippen molar-refractivity contribution in [3.8, 4) is 0 Å². The second kappa shape index (κ2) is 4.33. The van der Waals surface area contributed by atoms with Crippen LogP contribution in [0.5, 0.6) is 0 Å². The van der Waals surface area contributed by atoms with E-state index in [0.717, 1.165) is 11.0 Å². The first-order chi connectivity index (χ1) is 7.93. The van der Waals surface area contributed by atoms with E-state index in [-0.39, 0.29) is 0 Å². The summed E-state index contributed by atoms with van der Waals surface area (Å²) in [5, 5.41) is 0. The van der Waals surface area contributed by atoms with E-state index in [1.54, 1.807) is 12.4 Å². The summed E-state index contributed by atoms with van der Waals surface area (Å²) in [6.45, 7) is 0. The lowest BCUT2D eigenvalue weighted by Crippen LogP contribution is -2.30. The van der Waals surface area contributed by atoms with Crippen LogP contribution in [0.4, 0.5) is 0 Å². The molecule has 84 valence electrons. The third kappa shape index (κ3) is 1.87. The quantitative estimate of drug-likeness (QED) is 0.861.